The van der Waals surface area contributed by atoms with Gasteiger partial charge in [-0.2, -0.15) is 11.8 Å². The number of nitrogens with zero attached hydrogens (tertiary/aromatic N) is 1. The van der Waals surface area contributed by atoms with Crippen LogP contribution in [0.1, 0.15) is 24.5 Å². The fourth-order valence-electron chi connectivity index (χ4n) is 2.88. The Morgan fingerprint density at radius 2 is 2.20 bits per heavy atom. The predicted octanol–water partition coefficient (Wildman–Crippen LogP) is 2.95. The van der Waals surface area contributed by atoms with E-state index in [2.05, 4.69) is 67.1 Å². The number of hydrogen-bond donors (Lipinski definition) is 1. The minimum absolute atomic E-state index is 0.564. The summed E-state index contributed by atoms with van der Waals surface area (Å²) in [7, 11) is 2.28. The van der Waals surface area contributed by atoms with Crippen LogP contribution in [0.2, 0.25) is 0 Å². The summed E-state index contributed by atoms with van der Waals surface area (Å²) < 4.78 is 0. The topological polar surface area (TPSA) is 15.3 Å². The Kier molecular flexibility index (Phi) is 6.40. The molecule has 1 saturated heterocycles. The second-order valence-corrected chi connectivity index (χ2v) is 6.96. The molecule has 1 aromatic rings. The van der Waals surface area contributed by atoms with Crippen molar-refractivity contribution in [2.24, 2.45) is 0 Å². The summed E-state index contributed by atoms with van der Waals surface area (Å²) in [5.41, 5.74) is 2.91. The molecular weight excluding hydrogens is 264 g/mol. The van der Waals surface area contributed by atoms with Crippen LogP contribution in [0.25, 0.3) is 0 Å². The third-order valence-electron chi connectivity index (χ3n) is 4.27. The monoisotopic (exact) mass is 292 g/mol. The molecule has 0 spiro atoms. The number of aryl methyl sites for hydroxylation is 1. The van der Waals surface area contributed by atoms with Gasteiger partial charge in [0.15, 0.2) is 0 Å². The Bertz CT molecular complexity index is 408. The Balaban J connectivity index is 2.08. The van der Waals surface area contributed by atoms with Crippen molar-refractivity contribution >= 4 is 11.8 Å². The van der Waals surface area contributed by atoms with Gasteiger partial charge < -0.3 is 10.2 Å². The molecule has 0 aromatic heterocycles. The van der Waals surface area contributed by atoms with E-state index in [1.165, 1.54) is 35.6 Å². The van der Waals surface area contributed by atoms with E-state index in [4.69, 9.17) is 0 Å². The molecule has 2 nitrogen and oxygen atoms in total. The molecule has 0 bridgehead atoms. The van der Waals surface area contributed by atoms with Crippen molar-refractivity contribution in [2.75, 3.05) is 31.6 Å². The molecule has 0 saturated carbocycles. The van der Waals surface area contributed by atoms with Gasteiger partial charge in [-0.15, -0.1) is 0 Å². The lowest BCUT2D eigenvalue weighted by atomic mass is 9.96. The molecule has 3 heteroatoms. The first-order chi connectivity index (χ1) is 9.72. The van der Waals surface area contributed by atoms with Gasteiger partial charge in [-0.1, -0.05) is 31.2 Å². The fraction of sp³-hybridized carbons (Fsp3) is 0.647. The third-order valence-corrected chi connectivity index (χ3v) is 5.31. The highest BCUT2D eigenvalue weighted by Crippen LogP contribution is 2.21. The summed E-state index contributed by atoms with van der Waals surface area (Å²) in [5, 5.41) is 3.79. The van der Waals surface area contributed by atoms with Crippen LogP contribution in [-0.4, -0.2) is 48.6 Å². The summed E-state index contributed by atoms with van der Waals surface area (Å²) in [4.78, 5) is 2.54. The second-order valence-electron chi connectivity index (χ2n) is 5.81. The molecule has 1 aromatic carbocycles. The average molecular weight is 292 g/mol. The molecule has 2 rings (SSSR count). The van der Waals surface area contributed by atoms with Crippen molar-refractivity contribution in [1.29, 1.82) is 0 Å². The third kappa shape index (κ3) is 4.24. The first kappa shape index (κ1) is 15.9. The maximum Gasteiger partial charge on any atom is 0.0340 e. The van der Waals surface area contributed by atoms with E-state index < -0.39 is 0 Å². The average Bonchev–Trinajstić information content (AvgIpc) is 2.46. The largest absolute Gasteiger partial charge is 0.312 e. The zero-order valence-electron chi connectivity index (χ0n) is 13.1. The van der Waals surface area contributed by atoms with Crippen LogP contribution < -0.4 is 5.32 Å². The molecule has 0 aliphatic carbocycles. The summed E-state index contributed by atoms with van der Waals surface area (Å²) in [6.45, 7) is 6.81. The van der Waals surface area contributed by atoms with Gasteiger partial charge in [0.25, 0.3) is 0 Å². The highest BCUT2D eigenvalue weighted by Gasteiger charge is 2.27. The molecule has 1 N–H and O–H groups in total. The van der Waals surface area contributed by atoms with Crippen LogP contribution in [-0.2, 0) is 6.42 Å². The Morgan fingerprint density at radius 3 is 2.90 bits per heavy atom. The summed E-state index contributed by atoms with van der Waals surface area (Å²) in [5.74, 6) is 2.53. The Hall–Kier alpha value is -0.510. The van der Waals surface area contributed by atoms with Gasteiger partial charge in [0.1, 0.15) is 0 Å². The quantitative estimate of drug-likeness (QED) is 0.868. The molecular formula is C17H28N2S. The van der Waals surface area contributed by atoms with Gasteiger partial charge in [0, 0.05) is 30.1 Å². The molecule has 112 valence electrons. The maximum atomic E-state index is 3.79. The molecule has 1 aliphatic rings. The minimum Gasteiger partial charge on any atom is -0.312 e. The molecule has 0 amide bonds. The van der Waals surface area contributed by atoms with Crippen molar-refractivity contribution < 1.29 is 0 Å². The van der Waals surface area contributed by atoms with Crippen LogP contribution in [0.4, 0.5) is 0 Å². The molecule has 0 radical (unpaired) electrons. The van der Waals surface area contributed by atoms with Crippen LogP contribution in [0.3, 0.4) is 0 Å². The van der Waals surface area contributed by atoms with Gasteiger partial charge in [0.05, 0.1) is 0 Å². The van der Waals surface area contributed by atoms with Gasteiger partial charge >= 0.3 is 0 Å². The fourth-order valence-corrected chi connectivity index (χ4v) is 4.19. The highest BCUT2D eigenvalue weighted by atomic mass is 32.2. The minimum atomic E-state index is 0.564. The van der Waals surface area contributed by atoms with Crippen molar-refractivity contribution in [3.05, 3.63) is 35.4 Å². The van der Waals surface area contributed by atoms with Crippen LogP contribution in [0, 0.1) is 6.92 Å². The van der Waals surface area contributed by atoms with Crippen molar-refractivity contribution in [2.45, 2.75) is 38.8 Å². The number of benzene rings is 1. The smallest absolute Gasteiger partial charge is 0.0340 e. The van der Waals surface area contributed by atoms with Crippen LogP contribution >= 0.6 is 11.8 Å². The SMILES string of the molecule is CCCNC(Cc1ccccc1C)C1CSCCN1C. The Labute approximate surface area is 128 Å². The molecule has 20 heavy (non-hydrogen) atoms. The van der Waals surface area contributed by atoms with Crippen LogP contribution in [0.5, 0.6) is 0 Å². The summed E-state index contributed by atoms with van der Waals surface area (Å²) >= 11 is 2.10. The van der Waals surface area contributed by atoms with Gasteiger partial charge in [-0.3, -0.25) is 0 Å². The van der Waals surface area contributed by atoms with Crippen molar-refractivity contribution in [3.63, 3.8) is 0 Å². The number of hydrogen-bond acceptors (Lipinski definition) is 3. The summed E-state index contributed by atoms with van der Waals surface area (Å²) in [6.07, 6.45) is 2.34. The van der Waals surface area contributed by atoms with E-state index >= 15 is 0 Å². The Morgan fingerprint density at radius 1 is 1.40 bits per heavy atom. The first-order valence-corrected chi connectivity index (χ1v) is 8.93. The van der Waals surface area contributed by atoms with Crippen molar-refractivity contribution in [1.82, 2.24) is 10.2 Å². The van der Waals surface area contributed by atoms with E-state index in [0.717, 1.165) is 13.0 Å². The lowest BCUT2D eigenvalue weighted by molar-refractivity contribution is 0.213. The van der Waals surface area contributed by atoms with E-state index in [0.29, 0.717) is 12.1 Å². The molecule has 2 atom stereocenters. The number of rotatable bonds is 6. The van der Waals surface area contributed by atoms with Crippen LogP contribution in [0.15, 0.2) is 24.3 Å². The highest BCUT2D eigenvalue weighted by molar-refractivity contribution is 7.99. The number of likely N-dealkylation sites (N-methyl/N-ethyl adjacent to an activating group) is 1. The zero-order valence-corrected chi connectivity index (χ0v) is 13.9. The molecule has 1 fully saturated rings. The van der Waals surface area contributed by atoms with Crippen molar-refractivity contribution in [3.8, 4) is 0 Å². The predicted molar refractivity (Wildman–Crippen MR) is 90.7 cm³/mol. The van der Waals surface area contributed by atoms with Gasteiger partial charge in [-0.05, 0) is 44.5 Å². The first-order valence-electron chi connectivity index (χ1n) is 7.78. The zero-order chi connectivity index (χ0) is 14.4. The second kappa shape index (κ2) is 8.06. The lowest BCUT2D eigenvalue weighted by Crippen LogP contribution is -2.53. The van der Waals surface area contributed by atoms with E-state index in [1.54, 1.807) is 0 Å². The number of nitrogens with one attached hydrogen (secondary N) is 1. The van der Waals surface area contributed by atoms with E-state index in [9.17, 15) is 0 Å². The van der Waals surface area contributed by atoms with E-state index in [1.807, 2.05) is 0 Å². The van der Waals surface area contributed by atoms with Gasteiger partial charge in [-0.25, -0.2) is 0 Å². The van der Waals surface area contributed by atoms with E-state index in [-0.39, 0.29) is 0 Å². The number of thioether (sulfide) groups is 1. The molecule has 1 aliphatic heterocycles. The molecule has 2 unspecified atom stereocenters. The standard InChI is InChI=1S/C17H28N2S/c1-4-9-18-16(17-13-20-11-10-19(17)3)12-15-8-6-5-7-14(15)2/h5-8,16-18H,4,9-13H2,1-3H3. The summed E-state index contributed by atoms with van der Waals surface area (Å²) in [6, 6.07) is 10.0. The molecule has 1 heterocycles. The lowest BCUT2D eigenvalue weighted by Gasteiger charge is -2.38. The van der Waals surface area contributed by atoms with Gasteiger partial charge in [0.2, 0.25) is 0 Å². The normalized spacial score (nSPS) is 21.9. The maximum absolute atomic E-state index is 3.79.